The van der Waals surface area contributed by atoms with Crippen LogP contribution in [0.4, 0.5) is 0 Å². The smallest absolute Gasteiger partial charge is 0.241 e. The highest BCUT2D eigenvalue weighted by molar-refractivity contribution is 5.51. The number of likely N-dealkylation sites (N-methyl/N-ethyl adjacent to an activating group) is 1. The number of hydrogen-bond acceptors (Lipinski definition) is 5. The monoisotopic (exact) mass is 258 g/mol. The van der Waals surface area contributed by atoms with Gasteiger partial charge >= 0.3 is 0 Å². The molecule has 0 N–H and O–H groups in total. The third-order valence-corrected chi connectivity index (χ3v) is 2.69. The molecule has 2 aromatic heterocycles. The lowest BCUT2D eigenvalue weighted by atomic mass is 10.3. The summed E-state index contributed by atoms with van der Waals surface area (Å²) in [5.74, 6) is 1.19. The minimum Gasteiger partial charge on any atom is -0.338 e. The fourth-order valence-electron chi connectivity index (χ4n) is 1.78. The second kappa shape index (κ2) is 6.24. The first-order chi connectivity index (χ1) is 9.19. The van der Waals surface area contributed by atoms with Crippen molar-refractivity contribution in [2.45, 2.75) is 20.4 Å². The van der Waals surface area contributed by atoms with E-state index in [-0.39, 0.29) is 0 Å². The van der Waals surface area contributed by atoms with E-state index in [1.807, 2.05) is 19.1 Å². The fourth-order valence-corrected chi connectivity index (χ4v) is 1.78. The molecule has 5 heteroatoms. The van der Waals surface area contributed by atoms with Crippen LogP contribution in [0.2, 0.25) is 0 Å². The van der Waals surface area contributed by atoms with Crippen LogP contribution in [0.1, 0.15) is 19.7 Å². The standard InChI is InChI=1S/C14H18N4O/c1-4-18(9-11(2)3)10-13-16-14(17-19-13)12-6-5-7-15-8-12/h5-8H,2,4,9-10H2,1,3H3. The van der Waals surface area contributed by atoms with Crippen molar-refractivity contribution in [3.05, 3.63) is 42.6 Å². The Hall–Kier alpha value is -2.01. The highest BCUT2D eigenvalue weighted by Crippen LogP contribution is 2.14. The van der Waals surface area contributed by atoms with Gasteiger partial charge in [0.2, 0.25) is 11.7 Å². The van der Waals surface area contributed by atoms with Crippen molar-refractivity contribution in [2.24, 2.45) is 0 Å². The molecule has 2 aromatic rings. The number of pyridine rings is 1. The summed E-state index contributed by atoms with van der Waals surface area (Å²) >= 11 is 0. The molecule has 5 nitrogen and oxygen atoms in total. The van der Waals surface area contributed by atoms with Crippen LogP contribution >= 0.6 is 0 Å². The first kappa shape index (κ1) is 13.4. The van der Waals surface area contributed by atoms with E-state index in [9.17, 15) is 0 Å². The molecule has 0 fully saturated rings. The highest BCUT2D eigenvalue weighted by atomic mass is 16.5. The summed E-state index contributed by atoms with van der Waals surface area (Å²) in [5.41, 5.74) is 1.98. The van der Waals surface area contributed by atoms with Crippen LogP contribution in [0.5, 0.6) is 0 Å². The molecule has 100 valence electrons. The molecular weight excluding hydrogens is 240 g/mol. The maximum atomic E-state index is 5.27. The average Bonchev–Trinajstić information content (AvgIpc) is 2.87. The van der Waals surface area contributed by atoms with Gasteiger partial charge in [-0.1, -0.05) is 24.2 Å². The maximum Gasteiger partial charge on any atom is 0.241 e. The molecule has 0 saturated carbocycles. The molecule has 0 atom stereocenters. The SMILES string of the molecule is C=C(C)CN(CC)Cc1nc(-c2cccnc2)no1. The van der Waals surface area contributed by atoms with Gasteiger partial charge in [0.25, 0.3) is 0 Å². The molecule has 0 bridgehead atoms. The maximum absolute atomic E-state index is 5.27. The Bertz CT molecular complexity index is 535. The Morgan fingerprint density at radius 1 is 1.47 bits per heavy atom. The zero-order valence-electron chi connectivity index (χ0n) is 11.3. The van der Waals surface area contributed by atoms with Crippen molar-refractivity contribution in [1.29, 1.82) is 0 Å². The molecule has 0 unspecified atom stereocenters. The van der Waals surface area contributed by atoms with E-state index < -0.39 is 0 Å². The lowest BCUT2D eigenvalue weighted by Crippen LogP contribution is -2.24. The normalized spacial score (nSPS) is 10.9. The summed E-state index contributed by atoms with van der Waals surface area (Å²) in [7, 11) is 0. The second-order valence-electron chi connectivity index (χ2n) is 4.51. The first-order valence-corrected chi connectivity index (χ1v) is 6.28. The molecule has 0 radical (unpaired) electrons. The first-order valence-electron chi connectivity index (χ1n) is 6.28. The van der Waals surface area contributed by atoms with Crippen LogP contribution < -0.4 is 0 Å². The van der Waals surface area contributed by atoms with Gasteiger partial charge in [0, 0.05) is 24.5 Å². The molecule has 2 heterocycles. The lowest BCUT2D eigenvalue weighted by molar-refractivity contribution is 0.252. The molecule has 0 aliphatic rings. The van der Waals surface area contributed by atoms with Crippen molar-refractivity contribution in [2.75, 3.05) is 13.1 Å². The van der Waals surface area contributed by atoms with Crippen LogP contribution in [-0.2, 0) is 6.54 Å². The molecule has 0 aliphatic heterocycles. The molecule has 0 aliphatic carbocycles. The summed E-state index contributed by atoms with van der Waals surface area (Å²) in [4.78, 5) is 10.6. The Morgan fingerprint density at radius 3 is 2.95 bits per heavy atom. The van der Waals surface area contributed by atoms with Gasteiger partial charge in [-0.15, -0.1) is 0 Å². The van der Waals surface area contributed by atoms with E-state index >= 15 is 0 Å². The number of rotatable bonds is 6. The van der Waals surface area contributed by atoms with Gasteiger partial charge < -0.3 is 4.52 Å². The largest absolute Gasteiger partial charge is 0.338 e. The summed E-state index contributed by atoms with van der Waals surface area (Å²) < 4.78 is 5.27. The predicted molar refractivity (Wildman–Crippen MR) is 73.3 cm³/mol. The third-order valence-electron chi connectivity index (χ3n) is 2.69. The van der Waals surface area contributed by atoms with Crippen LogP contribution in [0, 0.1) is 0 Å². The fraction of sp³-hybridized carbons (Fsp3) is 0.357. The van der Waals surface area contributed by atoms with Crippen LogP contribution in [-0.4, -0.2) is 33.1 Å². The molecule has 0 amide bonds. The van der Waals surface area contributed by atoms with Gasteiger partial charge in [-0.05, 0) is 25.6 Å². The van der Waals surface area contributed by atoms with E-state index in [4.69, 9.17) is 4.52 Å². The Morgan fingerprint density at radius 2 is 2.32 bits per heavy atom. The molecule has 0 aromatic carbocycles. The average molecular weight is 258 g/mol. The summed E-state index contributed by atoms with van der Waals surface area (Å²) in [6, 6.07) is 3.76. The van der Waals surface area contributed by atoms with E-state index in [0.717, 1.165) is 24.2 Å². The molecule has 19 heavy (non-hydrogen) atoms. The van der Waals surface area contributed by atoms with Crippen LogP contribution in [0.25, 0.3) is 11.4 Å². The van der Waals surface area contributed by atoms with E-state index in [1.54, 1.807) is 12.4 Å². The highest BCUT2D eigenvalue weighted by Gasteiger charge is 2.12. The van der Waals surface area contributed by atoms with Gasteiger partial charge in [0.1, 0.15) is 0 Å². The number of hydrogen-bond donors (Lipinski definition) is 0. The summed E-state index contributed by atoms with van der Waals surface area (Å²) in [6.45, 7) is 10.4. The van der Waals surface area contributed by atoms with Gasteiger partial charge in [0.05, 0.1) is 6.54 Å². The minimum absolute atomic E-state index is 0.578. The Kier molecular flexibility index (Phi) is 4.41. The third kappa shape index (κ3) is 3.72. The second-order valence-corrected chi connectivity index (χ2v) is 4.51. The van der Waals surface area contributed by atoms with Crippen molar-refractivity contribution in [3.8, 4) is 11.4 Å². The van der Waals surface area contributed by atoms with E-state index in [1.165, 1.54) is 0 Å². The van der Waals surface area contributed by atoms with Crippen molar-refractivity contribution in [1.82, 2.24) is 20.0 Å². The van der Waals surface area contributed by atoms with E-state index in [0.29, 0.717) is 18.3 Å². The molecule has 0 spiro atoms. The molecular formula is C14H18N4O. The number of nitrogens with zero attached hydrogens (tertiary/aromatic N) is 4. The molecule has 2 rings (SSSR count). The van der Waals surface area contributed by atoms with Gasteiger partial charge in [-0.3, -0.25) is 9.88 Å². The summed E-state index contributed by atoms with van der Waals surface area (Å²) in [5, 5.41) is 3.98. The van der Waals surface area contributed by atoms with Crippen molar-refractivity contribution in [3.63, 3.8) is 0 Å². The Labute approximate surface area is 113 Å². The van der Waals surface area contributed by atoms with Gasteiger partial charge in [-0.2, -0.15) is 4.98 Å². The number of aromatic nitrogens is 3. The predicted octanol–water partition coefficient (Wildman–Crippen LogP) is 2.53. The Balaban J connectivity index is 2.07. The minimum atomic E-state index is 0.578. The van der Waals surface area contributed by atoms with Crippen molar-refractivity contribution < 1.29 is 4.52 Å². The van der Waals surface area contributed by atoms with Gasteiger partial charge in [0.15, 0.2) is 0 Å². The zero-order valence-corrected chi connectivity index (χ0v) is 11.3. The van der Waals surface area contributed by atoms with Crippen LogP contribution in [0.15, 0.2) is 41.2 Å². The quantitative estimate of drug-likeness (QED) is 0.745. The van der Waals surface area contributed by atoms with Crippen molar-refractivity contribution >= 4 is 0 Å². The van der Waals surface area contributed by atoms with E-state index in [2.05, 4.69) is 33.5 Å². The summed E-state index contributed by atoms with van der Waals surface area (Å²) in [6.07, 6.45) is 3.44. The molecule has 0 saturated heterocycles. The van der Waals surface area contributed by atoms with Crippen LogP contribution in [0.3, 0.4) is 0 Å². The topological polar surface area (TPSA) is 55.1 Å². The zero-order chi connectivity index (χ0) is 13.7. The van der Waals surface area contributed by atoms with Gasteiger partial charge in [-0.25, -0.2) is 0 Å². The lowest BCUT2D eigenvalue weighted by Gasteiger charge is -2.17.